The Morgan fingerprint density at radius 1 is 1.30 bits per heavy atom. The molecule has 6 nitrogen and oxygen atoms in total. The van der Waals surface area contributed by atoms with Crippen molar-refractivity contribution in [2.75, 3.05) is 38.3 Å². The Morgan fingerprint density at radius 2 is 2.07 bits per heavy atom. The molecular formula is C21H31NO5. The van der Waals surface area contributed by atoms with Crippen LogP contribution in [0.2, 0.25) is 0 Å². The lowest BCUT2D eigenvalue weighted by Crippen LogP contribution is -2.38. The van der Waals surface area contributed by atoms with E-state index in [4.69, 9.17) is 14.2 Å². The van der Waals surface area contributed by atoms with Crippen molar-refractivity contribution in [3.05, 3.63) is 23.8 Å². The SMILES string of the molecule is COCCOc1cccc(C=O)c1N1CCC[C@@H](CC(=O)OC(C)(C)C)C1. The van der Waals surface area contributed by atoms with E-state index < -0.39 is 5.60 Å². The molecule has 0 radical (unpaired) electrons. The smallest absolute Gasteiger partial charge is 0.306 e. The van der Waals surface area contributed by atoms with Gasteiger partial charge >= 0.3 is 5.97 Å². The van der Waals surface area contributed by atoms with Gasteiger partial charge in [-0.2, -0.15) is 0 Å². The number of carbonyl (C=O) groups is 2. The maximum absolute atomic E-state index is 12.2. The molecule has 0 spiro atoms. The average Bonchev–Trinajstić information content (AvgIpc) is 2.60. The molecule has 0 aromatic heterocycles. The largest absolute Gasteiger partial charge is 0.489 e. The Labute approximate surface area is 161 Å². The van der Waals surface area contributed by atoms with E-state index in [2.05, 4.69) is 4.90 Å². The maximum Gasteiger partial charge on any atom is 0.306 e. The van der Waals surface area contributed by atoms with Gasteiger partial charge in [0.2, 0.25) is 0 Å². The van der Waals surface area contributed by atoms with Gasteiger partial charge in [0.05, 0.1) is 18.7 Å². The van der Waals surface area contributed by atoms with Crippen molar-refractivity contribution in [2.24, 2.45) is 5.92 Å². The molecule has 0 amide bonds. The lowest BCUT2D eigenvalue weighted by molar-refractivity contribution is -0.156. The fourth-order valence-corrected chi connectivity index (χ4v) is 3.38. The molecule has 1 aromatic rings. The summed E-state index contributed by atoms with van der Waals surface area (Å²) < 4.78 is 16.3. The molecule has 2 rings (SSSR count). The zero-order valence-electron chi connectivity index (χ0n) is 16.8. The molecule has 1 fully saturated rings. The van der Waals surface area contributed by atoms with Gasteiger partial charge in [0.25, 0.3) is 0 Å². The predicted octanol–water partition coefficient (Wildman–Crippen LogP) is 3.47. The molecule has 1 atom stereocenters. The van der Waals surface area contributed by atoms with Gasteiger partial charge in [0.1, 0.15) is 18.0 Å². The quantitative estimate of drug-likeness (QED) is 0.393. The van der Waals surface area contributed by atoms with Crippen LogP contribution in [-0.2, 0) is 14.3 Å². The zero-order valence-corrected chi connectivity index (χ0v) is 16.8. The monoisotopic (exact) mass is 377 g/mol. The lowest BCUT2D eigenvalue weighted by atomic mass is 9.93. The predicted molar refractivity (Wildman–Crippen MR) is 105 cm³/mol. The number of benzene rings is 1. The average molecular weight is 377 g/mol. The molecule has 0 aliphatic carbocycles. The van der Waals surface area contributed by atoms with Gasteiger partial charge in [-0.05, 0) is 51.7 Å². The fourth-order valence-electron chi connectivity index (χ4n) is 3.38. The van der Waals surface area contributed by atoms with Gasteiger partial charge < -0.3 is 19.1 Å². The minimum absolute atomic E-state index is 0.172. The molecule has 0 bridgehead atoms. The summed E-state index contributed by atoms with van der Waals surface area (Å²) in [7, 11) is 1.62. The second-order valence-electron chi connectivity index (χ2n) is 7.90. The highest BCUT2D eigenvalue weighted by Gasteiger charge is 2.27. The number of hydrogen-bond acceptors (Lipinski definition) is 6. The Balaban J connectivity index is 2.12. The number of hydrogen-bond donors (Lipinski definition) is 0. The van der Waals surface area contributed by atoms with Crippen LogP contribution >= 0.6 is 0 Å². The number of piperidine rings is 1. The fraction of sp³-hybridized carbons (Fsp3) is 0.619. The third-order valence-corrected chi connectivity index (χ3v) is 4.41. The minimum atomic E-state index is -0.474. The van der Waals surface area contributed by atoms with Crippen LogP contribution in [0.1, 0.15) is 50.4 Å². The van der Waals surface area contributed by atoms with Crippen LogP contribution in [-0.4, -0.2) is 51.3 Å². The van der Waals surface area contributed by atoms with Crippen LogP contribution in [0.5, 0.6) is 5.75 Å². The molecule has 0 N–H and O–H groups in total. The van der Waals surface area contributed by atoms with Crippen LogP contribution in [0, 0.1) is 5.92 Å². The van der Waals surface area contributed by atoms with E-state index in [0.29, 0.717) is 37.5 Å². The standard InChI is InChI=1S/C21H31NO5/c1-21(2,3)27-19(24)13-16-7-6-10-22(14-16)20-17(15-23)8-5-9-18(20)26-12-11-25-4/h5,8-9,15-16H,6-7,10-14H2,1-4H3/t16-/m0/s1. The highest BCUT2D eigenvalue weighted by molar-refractivity contribution is 5.87. The third-order valence-electron chi connectivity index (χ3n) is 4.41. The number of carbonyl (C=O) groups excluding carboxylic acids is 2. The summed E-state index contributed by atoms with van der Waals surface area (Å²) in [5, 5.41) is 0. The molecule has 150 valence electrons. The van der Waals surface area contributed by atoms with Gasteiger partial charge in [-0.1, -0.05) is 6.07 Å². The highest BCUT2D eigenvalue weighted by Crippen LogP contribution is 2.35. The summed E-state index contributed by atoms with van der Waals surface area (Å²) in [6.45, 7) is 8.06. The van der Waals surface area contributed by atoms with Gasteiger partial charge in [-0.3, -0.25) is 9.59 Å². The molecule has 0 unspecified atom stereocenters. The van der Waals surface area contributed by atoms with E-state index in [-0.39, 0.29) is 11.9 Å². The van der Waals surface area contributed by atoms with Crippen LogP contribution < -0.4 is 9.64 Å². The zero-order chi connectivity index (χ0) is 19.9. The van der Waals surface area contributed by atoms with Crippen LogP contribution in [0.4, 0.5) is 5.69 Å². The summed E-state index contributed by atoms with van der Waals surface area (Å²) in [5.41, 5.74) is 0.929. The second-order valence-corrected chi connectivity index (χ2v) is 7.90. The van der Waals surface area contributed by atoms with E-state index in [1.807, 2.05) is 32.9 Å². The number of rotatable bonds is 8. The third kappa shape index (κ3) is 6.54. The number of esters is 1. The van der Waals surface area contributed by atoms with Crippen molar-refractivity contribution in [2.45, 2.75) is 45.6 Å². The molecule has 1 aliphatic rings. The molecule has 6 heteroatoms. The van der Waals surface area contributed by atoms with Crippen LogP contribution in [0.25, 0.3) is 0 Å². The summed E-state index contributed by atoms with van der Waals surface area (Å²) in [5.74, 6) is 0.698. The molecule has 1 saturated heterocycles. The summed E-state index contributed by atoms with van der Waals surface area (Å²) >= 11 is 0. The summed E-state index contributed by atoms with van der Waals surface area (Å²) in [6, 6.07) is 5.48. The maximum atomic E-state index is 12.2. The van der Waals surface area contributed by atoms with E-state index in [9.17, 15) is 9.59 Å². The Morgan fingerprint density at radius 3 is 2.74 bits per heavy atom. The first kappa shape index (κ1) is 21.2. The molecule has 1 aliphatic heterocycles. The van der Waals surface area contributed by atoms with E-state index in [1.165, 1.54) is 0 Å². The number of ether oxygens (including phenoxy) is 3. The lowest BCUT2D eigenvalue weighted by Gasteiger charge is -2.36. The summed E-state index contributed by atoms with van der Waals surface area (Å²) in [4.78, 5) is 25.9. The van der Waals surface area contributed by atoms with Gasteiger partial charge in [0.15, 0.2) is 6.29 Å². The molecular weight excluding hydrogens is 346 g/mol. The first-order valence-electron chi connectivity index (χ1n) is 9.50. The number of aldehydes is 1. The first-order valence-corrected chi connectivity index (χ1v) is 9.50. The van der Waals surface area contributed by atoms with Gasteiger partial charge in [-0.25, -0.2) is 0 Å². The Hall–Kier alpha value is -2.08. The van der Waals surface area contributed by atoms with Crippen molar-refractivity contribution in [1.29, 1.82) is 0 Å². The second kappa shape index (κ2) is 9.74. The number of para-hydroxylation sites is 1. The van der Waals surface area contributed by atoms with Crippen molar-refractivity contribution in [3.63, 3.8) is 0 Å². The number of nitrogens with zero attached hydrogens (tertiary/aromatic N) is 1. The molecule has 1 aromatic carbocycles. The Bertz CT molecular complexity index is 638. The first-order chi connectivity index (χ1) is 12.8. The minimum Gasteiger partial charge on any atom is -0.489 e. The number of methoxy groups -OCH3 is 1. The van der Waals surface area contributed by atoms with Crippen molar-refractivity contribution >= 4 is 17.9 Å². The summed E-state index contributed by atoms with van der Waals surface area (Å²) in [6.07, 6.45) is 3.17. The van der Waals surface area contributed by atoms with Gasteiger partial charge in [0, 0.05) is 25.8 Å². The van der Waals surface area contributed by atoms with Crippen LogP contribution in [0.15, 0.2) is 18.2 Å². The number of anilines is 1. The van der Waals surface area contributed by atoms with Crippen molar-refractivity contribution in [1.82, 2.24) is 0 Å². The van der Waals surface area contributed by atoms with Crippen molar-refractivity contribution < 1.29 is 23.8 Å². The Kier molecular flexibility index (Phi) is 7.66. The van der Waals surface area contributed by atoms with E-state index in [1.54, 1.807) is 13.2 Å². The topological polar surface area (TPSA) is 65.1 Å². The van der Waals surface area contributed by atoms with Crippen molar-refractivity contribution in [3.8, 4) is 5.75 Å². The highest BCUT2D eigenvalue weighted by atomic mass is 16.6. The van der Waals surface area contributed by atoms with E-state index in [0.717, 1.165) is 31.4 Å². The molecule has 0 saturated carbocycles. The van der Waals surface area contributed by atoms with Gasteiger partial charge in [-0.15, -0.1) is 0 Å². The normalized spacial score (nSPS) is 17.5. The van der Waals surface area contributed by atoms with E-state index >= 15 is 0 Å². The molecule has 27 heavy (non-hydrogen) atoms. The van der Waals surface area contributed by atoms with Crippen LogP contribution in [0.3, 0.4) is 0 Å². The molecule has 1 heterocycles.